The topological polar surface area (TPSA) is 53.7 Å². The normalized spacial score (nSPS) is 20.4. The lowest BCUT2D eigenvalue weighted by Gasteiger charge is -2.21. The molecule has 2 heterocycles. The van der Waals surface area contributed by atoms with Crippen LogP contribution in [-0.2, 0) is 4.79 Å². The van der Waals surface area contributed by atoms with Crippen molar-refractivity contribution in [3.8, 4) is 0 Å². The Morgan fingerprint density at radius 3 is 3.12 bits per heavy atom. The first-order chi connectivity index (χ1) is 8.20. The summed E-state index contributed by atoms with van der Waals surface area (Å²) in [4.78, 5) is 13.6. The number of amides is 1. The van der Waals surface area contributed by atoms with E-state index in [4.69, 9.17) is 9.52 Å². The predicted molar refractivity (Wildman–Crippen MR) is 64.3 cm³/mol. The fourth-order valence-corrected chi connectivity index (χ4v) is 2.11. The number of rotatable bonds is 3. The molecule has 1 saturated heterocycles. The molecule has 1 N–H and O–H groups in total. The second-order valence-electron chi connectivity index (χ2n) is 4.29. The number of carbonyl (C=O) groups is 1. The second-order valence-corrected chi connectivity index (χ2v) is 4.29. The van der Waals surface area contributed by atoms with E-state index >= 15 is 0 Å². The summed E-state index contributed by atoms with van der Waals surface area (Å²) in [5.41, 5.74) is 0. The Labute approximate surface area is 101 Å². The molecule has 1 aliphatic heterocycles. The highest BCUT2D eigenvalue weighted by molar-refractivity contribution is 5.91. The Bertz CT molecular complexity index is 422. The Morgan fingerprint density at radius 2 is 2.47 bits per heavy atom. The van der Waals surface area contributed by atoms with Crippen molar-refractivity contribution in [3.05, 3.63) is 29.7 Å². The minimum Gasteiger partial charge on any atom is -0.462 e. The van der Waals surface area contributed by atoms with Crippen molar-refractivity contribution >= 4 is 12.0 Å². The fourth-order valence-electron chi connectivity index (χ4n) is 2.11. The van der Waals surface area contributed by atoms with E-state index in [0.29, 0.717) is 5.76 Å². The van der Waals surface area contributed by atoms with E-state index in [0.717, 1.165) is 25.1 Å². The zero-order valence-electron chi connectivity index (χ0n) is 9.93. The molecule has 1 aromatic rings. The molecule has 1 aromatic heterocycles. The molecule has 0 spiro atoms. The zero-order chi connectivity index (χ0) is 12.3. The van der Waals surface area contributed by atoms with Crippen LogP contribution in [0.1, 0.15) is 24.4 Å². The molecular formula is C13H17NO3. The summed E-state index contributed by atoms with van der Waals surface area (Å²) in [6.45, 7) is 2.63. The van der Waals surface area contributed by atoms with Gasteiger partial charge in [0.1, 0.15) is 11.5 Å². The highest BCUT2D eigenvalue weighted by Gasteiger charge is 2.26. The predicted octanol–water partition coefficient (Wildman–Crippen LogP) is 1.58. The zero-order valence-corrected chi connectivity index (χ0v) is 9.93. The van der Waals surface area contributed by atoms with Gasteiger partial charge in [-0.25, -0.2) is 0 Å². The Morgan fingerprint density at radius 1 is 1.65 bits per heavy atom. The summed E-state index contributed by atoms with van der Waals surface area (Å²) < 4.78 is 5.34. The standard InChI is InChI=1S/C13H17NO3/c1-10-4-5-12(17-10)6-7-13(16)14-8-2-3-11(14)9-15/h4-7,11,15H,2-3,8-9H2,1H3/b7-6+/t11-/m1/s1. The van der Waals surface area contributed by atoms with Crippen LogP contribution in [0.3, 0.4) is 0 Å². The van der Waals surface area contributed by atoms with E-state index in [1.807, 2.05) is 19.1 Å². The van der Waals surface area contributed by atoms with E-state index in [1.165, 1.54) is 6.08 Å². The SMILES string of the molecule is Cc1ccc(/C=C/C(=O)N2CCC[C@@H]2CO)o1. The number of aliphatic hydroxyl groups is 1. The largest absolute Gasteiger partial charge is 0.462 e. The lowest BCUT2D eigenvalue weighted by Crippen LogP contribution is -2.36. The molecule has 0 unspecified atom stereocenters. The molecule has 4 heteroatoms. The van der Waals surface area contributed by atoms with Crippen LogP contribution in [0.4, 0.5) is 0 Å². The highest BCUT2D eigenvalue weighted by Crippen LogP contribution is 2.17. The number of hydrogen-bond donors (Lipinski definition) is 1. The molecule has 1 fully saturated rings. The first-order valence-corrected chi connectivity index (χ1v) is 5.86. The minimum atomic E-state index is -0.0596. The van der Waals surface area contributed by atoms with Gasteiger partial charge in [0.2, 0.25) is 5.91 Å². The van der Waals surface area contributed by atoms with Crippen LogP contribution in [0.25, 0.3) is 6.08 Å². The molecule has 1 atom stereocenters. The smallest absolute Gasteiger partial charge is 0.247 e. The molecule has 0 aliphatic carbocycles. The molecule has 17 heavy (non-hydrogen) atoms. The molecule has 4 nitrogen and oxygen atoms in total. The van der Waals surface area contributed by atoms with Crippen molar-refractivity contribution in [3.63, 3.8) is 0 Å². The van der Waals surface area contributed by atoms with Crippen molar-refractivity contribution < 1.29 is 14.3 Å². The third-order valence-corrected chi connectivity index (χ3v) is 3.02. The summed E-state index contributed by atoms with van der Waals surface area (Å²) in [5, 5.41) is 9.14. The van der Waals surface area contributed by atoms with E-state index in [-0.39, 0.29) is 18.6 Å². The molecule has 92 valence electrons. The lowest BCUT2D eigenvalue weighted by molar-refractivity contribution is -0.127. The van der Waals surface area contributed by atoms with Crippen LogP contribution >= 0.6 is 0 Å². The monoisotopic (exact) mass is 235 g/mol. The van der Waals surface area contributed by atoms with E-state index in [9.17, 15) is 4.79 Å². The number of carbonyl (C=O) groups excluding carboxylic acids is 1. The molecule has 0 aromatic carbocycles. The van der Waals surface area contributed by atoms with Gasteiger partial charge in [-0.3, -0.25) is 4.79 Å². The van der Waals surface area contributed by atoms with Gasteiger partial charge in [0, 0.05) is 12.6 Å². The number of aliphatic hydroxyl groups excluding tert-OH is 1. The van der Waals surface area contributed by atoms with Crippen LogP contribution in [-0.4, -0.2) is 35.1 Å². The summed E-state index contributed by atoms with van der Waals surface area (Å²) in [6.07, 6.45) is 5.02. The van der Waals surface area contributed by atoms with Gasteiger partial charge in [-0.15, -0.1) is 0 Å². The van der Waals surface area contributed by atoms with Gasteiger partial charge in [-0.1, -0.05) is 0 Å². The van der Waals surface area contributed by atoms with Crippen molar-refractivity contribution in [2.75, 3.05) is 13.2 Å². The third-order valence-electron chi connectivity index (χ3n) is 3.02. The lowest BCUT2D eigenvalue weighted by atomic mass is 10.2. The van der Waals surface area contributed by atoms with E-state index in [2.05, 4.69) is 0 Å². The molecule has 0 radical (unpaired) electrons. The molecule has 2 rings (SSSR count). The Balaban J connectivity index is 1.99. The van der Waals surface area contributed by atoms with Crippen molar-refractivity contribution in [2.45, 2.75) is 25.8 Å². The van der Waals surface area contributed by atoms with Gasteiger partial charge in [-0.2, -0.15) is 0 Å². The van der Waals surface area contributed by atoms with Gasteiger partial charge in [0.05, 0.1) is 12.6 Å². The number of aryl methyl sites for hydroxylation is 1. The number of likely N-dealkylation sites (tertiary alicyclic amines) is 1. The first kappa shape index (κ1) is 11.9. The second kappa shape index (κ2) is 5.19. The van der Waals surface area contributed by atoms with Crippen LogP contribution in [0, 0.1) is 6.92 Å². The van der Waals surface area contributed by atoms with Gasteiger partial charge >= 0.3 is 0 Å². The van der Waals surface area contributed by atoms with E-state index in [1.54, 1.807) is 11.0 Å². The van der Waals surface area contributed by atoms with Crippen LogP contribution in [0.2, 0.25) is 0 Å². The van der Waals surface area contributed by atoms with Gasteiger partial charge < -0.3 is 14.4 Å². The molecule has 1 amide bonds. The van der Waals surface area contributed by atoms with Crippen LogP contribution in [0.15, 0.2) is 22.6 Å². The fraction of sp³-hybridized carbons (Fsp3) is 0.462. The summed E-state index contributed by atoms with van der Waals surface area (Å²) >= 11 is 0. The number of nitrogens with zero attached hydrogens (tertiary/aromatic N) is 1. The van der Waals surface area contributed by atoms with Gasteiger partial charge in [0.25, 0.3) is 0 Å². The van der Waals surface area contributed by atoms with Crippen molar-refractivity contribution in [1.29, 1.82) is 0 Å². The van der Waals surface area contributed by atoms with Gasteiger partial charge in [0.15, 0.2) is 0 Å². The van der Waals surface area contributed by atoms with E-state index < -0.39 is 0 Å². The van der Waals surface area contributed by atoms with Crippen LogP contribution in [0.5, 0.6) is 0 Å². The first-order valence-electron chi connectivity index (χ1n) is 5.86. The maximum absolute atomic E-state index is 11.9. The van der Waals surface area contributed by atoms with Crippen LogP contribution < -0.4 is 0 Å². The molecule has 1 aliphatic rings. The Kier molecular flexibility index (Phi) is 3.64. The maximum Gasteiger partial charge on any atom is 0.247 e. The average molecular weight is 235 g/mol. The third kappa shape index (κ3) is 2.77. The van der Waals surface area contributed by atoms with Crippen molar-refractivity contribution in [2.24, 2.45) is 0 Å². The highest BCUT2D eigenvalue weighted by atomic mass is 16.3. The summed E-state index contributed by atoms with van der Waals surface area (Å²) in [6, 6.07) is 3.66. The maximum atomic E-state index is 11.9. The number of furan rings is 1. The molecule has 0 saturated carbocycles. The number of hydrogen-bond acceptors (Lipinski definition) is 3. The van der Waals surface area contributed by atoms with Crippen molar-refractivity contribution in [1.82, 2.24) is 4.90 Å². The minimum absolute atomic E-state index is 0.0227. The summed E-state index contributed by atoms with van der Waals surface area (Å²) in [7, 11) is 0. The quantitative estimate of drug-likeness (QED) is 0.809. The molecular weight excluding hydrogens is 218 g/mol. The summed E-state index contributed by atoms with van der Waals surface area (Å²) in [5.74, 6) is 1.44. The Hall–Kier alpha value is -1.55. The van der Waals surface area contributed by atoms with Gasteiger partial charge in [-0.05, 0) is 38.0 Å². The molecule has 0 bridgehead atoms. The average Bonchev–Trinajstić information content (AvgIpc) is 2.94.